The topological polar surface area (TPSA) is 120 Å². The minimum absolute atomic E-state index is 0.0212. The van der Waals surface area contributed by atoms with Crippen molar-refractivity contribution >= 4 is 19.0 Å². The molecule has 30 heavy (non-hydrogen) atoms. The lowest BCUT2D eigenvalue weighted by molar-refractivity contribution is -0.122. The van der Waals surface area contributed by atoms with Crippen LogP contribution in [0.1, 0.15) is 48.0 Å². The summed E-state index contributed by atoms with van der Waals surface area (Å²) in [5.41, 5.74) is 0.698. The minimum atomic E-state index is -1.27. The Balaban J connectivity index is 1.50. The van der Waals surface area contributed by atoms with Crippen LogP contribution in [0, 0.1) is 11.8 Å². The van der Waals surface area contributed by atoms with Gasteiger partial charge in [0.2, 0.25) is 5.91 Å². The van der Waals surface area contributed by atoms with E-state index in [0.29, 0.717) is 30.2 Å². The van der Waals surface area contributed by atoms with E-state index in [2.05, 4.69) is 16.0 Å². The van der Waals surface area contributed by atoms with Crippen molar-refractivity contribution in [3.8, 4) is 5.75 Å². The van der Waals surface area contributed by atoms with Gasteiger partial charge in [-0.15, -0.1) is 0 Å². The Morgan fingerprint density at radius 1 is 1.23 bits per heavy atom. The molecule has 0 spiro atoms. The summed E-state index contributed by atoms with van der Waals surface area (Å²) in [6, 6.07) is 4.86. The van der Waals surface area contributed by atoms with E-state index in [-0.39, 0.29) is 17.2 Å². The van der Waals surface area contributed by atoms with Crippen molar-refractivity contribution in [2.45, 2.75) is 44.5 Å². The van der Waals surface area contributed by atoms with E-state index >= 15 is 0 Å². The van der Waals surface area contributed by atoms with E-state index in [1.807, 2.05) is 7.05 Å². The molecule has 0 aromatic heterocycles. The van der Waals surface area contributed by atoms with Gasteiger partial charge in [-0.2, -0.15) is 0 Å². The molecule has 8 nitrogen and oxygen atoms in total. The van der Waals surface area contributed by atoms with Crippen LogP contribution in [0.5, 0.6) is 5.75 Å². The maximum atomic E-state index is 12.6. The molecule has 1 amide bonds. The molecule has 1 aliphatic heterocycles. The molecule has 0 radical (unpaired) electrons. The highest BCUT2D eigenvalue weighted by Crippen LogP contribution is 2.32. The summed E-state index contributed by atoms with van der Waals surface area (Å²) in [5, 5.41) is 29.1. The first-order chi connectivity index (χ1) is 14.5. The molecule has 1 aliphatic carbocycles. The van der Waals surface area contributed by atoms with Crippen molar-refractivity contribution in [1.82, 2.24) is 16.0 Å². The molecule has 0 saturated heterocycles. The van der Waals surface area contributed by atoms with Gasteiger partial charge in [-0.1, -0.05) is 18.6 Å². The van der Waals surface area contributed by atoms with Crippen LogP contribution in [-0.4, -0.2) is 61.7 Å². The Hall–Kier alpha value is -2.10. The summed E-state index contributed by atoms with van der Waals surface area (Å²) in [5.74, 6) is -0.649. The van der Waals surface area contributed by atoms with Crippen molar-refractivity contribution in [2.75, 3.05) is 26.7 Å². The third-order valence-electron chi connectivity index (χ3n) is 6.05. The molecule has 1 heterocycles. The number of hydrogen-bond acceptors (Lipinski definition) is 6. The van der Waals surface area contributed by atoms with E-state index in [0.717, 1.165) is 38.9 Å². The van der Waals surface area contributed by atoms with E-state index in [1.165, 1.54) is 12.5 Å². The molecule has 164 valence electrons. The average molecular weight is 417 g/mol. The molecular weight excluding hydrogens is 385 g/mol. The van der Waals surface area contributed by atoms with Gasteiger partial charge in [-0.05, 0) is 62.7 Å². The number of carboxylic acid groups (broad SMARTS) is 1. The molecule has 2 unspecified atom stereocenters. The summed E-state index contributed by atoms with van der Waals surface area (Å²) in [7, 11) is 0.673. The molecule has 2 aliphatic rings. The van der Waals surface area contributed by atoms with Crippen molar-refractivity contribution in [1.29, 1.82) is 0 Å². The Bertz CT molecular complexity index is 747. The number of nitrogens with one attached hydrogen (secondary N) is 3. The number of aromatic carboxylic acids is 1. The van der Waals surface area contributed by atoms with Gasteiger partial charge in [0.15, 0.2) is 0 Å². The normalized spacial score (nSPS) is 23.4. The van der Waals surface area contributed by atoms with Gasteiger partial charge in [0.1, 0.15) is 5.75 Å². The van der Waals surface area contributed by atoms with Gasteiger partial charge < -0.3 is 30.7 Å². The second kappa shape index (κ2) is 10.8. The van der Waals surface area contributed by atoms with Crippen molar-refractivity contribution in [3.05, 3.63) is 29.3 Å². The first-order valence-corrected chi connectivity index (χ1v) is 10.8. The number of fused-ring (bicyclic) bond motifs is 1. The number of hydrogen-bond donors (Lipinski definition) is 5. The van der Waals surface area contributed by atoms with E-state index in [9.17, 15) is 19.7 Å². The number of amides is 1. The highest BCUT2D eigenvalue weighted by atomic mass is 16.5. The predicted molar refractivity (Wildman–Crippen MR) is 114 cm³/mol. The third-order valence-corrected chi connectivity index (χ3v) is 6.05. The Morgan fingerprint density at radius 2 is 2.03 bits per heavy atom. The second-order valence-electron chi connectivity index (χ2n) is 8.40. The molecule has 1 aromatic rings. The van der Waals surface area contributed by atoms with Gasteiger partial charge in [0.25, 0.3) is 0 Å². The zero-order chi connectivity index (χ0) is 21.5. The van der Waals surface area contributed by atoms with Crippen LogP contribution in [0.2, 0.25) is 0 Å². The fourth-order valence-corrected chi connectivity index (χ4v) is 4.54. The molecule has 9 heteroatoms. The van der Waals surface area contributed by atoms with E-state index in [4.69, 9.17) is 4.65 Å². The SMILES string of the molecule is CNCCNCC1CCCC(CC(=O)N[C@H]2Cc3cccc(C(=O)O)c3OB2O)C1. The molecule has 5 N–H and O–H groups in total. The van der Waals surface area contributed by atoms with Crippen LogP contribution >= 0.6 is 0 Å². The van der Waals surface area contributed by atoms with Gasteiger partial charge in [-0.25, -0.2) is 4.79 Å². The number of carbonyl (C=O) groups excluding carboxylic acids is 1. The maximum absolute atomic E-state index is 12.6. The maximum Gasteiger partial charge on any atom is 0.547 e. The van der Waals surface area contributed by atoms with Crippen molar-refractivity contribution < 1.29 is 24.4 Å². The van der Waals surface area contributed by atoms with Gasteiger partial charge >= 0.3 is 13.1 Å². The zero-order valence-corrected chi connectivity index (χ0v) is 17.5. The van der Waals surface area contributed by atoms with Crippen molar-refractivity contribution in [2.24, 2.45) is 11.8 Å². The minimum Gasteiger partial charge on any atom is -0.534 e. The van der Waals surface area contributed by atoms with Gasteiger partial charge in [0, 0.05) is 19.5 Å². The third kappa shape index (κ3) is 5.96. The number of para-hydroxylation sites is 1. The highest BCUT2D eigenvalue weighted by molar-refractivity contribution is 6.47. The summed E-state index contributed by atoms with van der Waals surface area (Å²) in [6.45, 7) is 2.88. The van der Waals surface area contributed by atoms with Crippen molar-refractivity contribution in [3.63, 3.8) is 0 Å². The number of carbonyl (C=O) groups is 2. The monoisotopic (exact) mass is 417 g/mol. The average Bonchev–Trinajstić information content (AvgIpc) is 2.71. The lowest BCUT2D eigenvalue weighted by Crippen LogP contribution is -2.53. The number of carboxylic acids is 1. The molecule has 3 rings (SSSR count). The number of rotatable bonds is 9. The molecule has 1 aromatic carbocycles. The lowest BCUT2D eigenvalue weighted by atomic mass is 9.72. The Labute approximate surface area is 177 Å². The van der Waals surface area contributed by atoms with E-state index < -0.39 is 19.0 Å². The molecule has 0 bridgehead atoms. The van der Waals surface area contributed by atoms with Crippen LogP contribution in [0.4, 0.5) is 0 Å². The molecule has 3 atom stereocenters. The Morgan fingerprint density at radius 3 is 2.80 bits per heavy atom. The number of likely N-dealkylation sites (N-methyl/N-ethyl adjacent to an activating group) is 1. The van der Waals surface area contributed by atoms with Gasteiger partial charge in [0.05, 0.1) is 11.5 Å². The van der Waals surface area contributed by atoms with E-state index in [1.54, 1.807) is 12.1 Å². The fourth-order valence-electron chi connectivity index (χ4n) is 4.54. The smallest absolute Gasteiger partial charge is 0.534 e. The summed E-state index contributed by atoms with van der Waals surface area (Å²) in [6.07, 6.45) is 5.20. The van der Waals surface area contributed by atoms with Gasteiger partial charge in [-0.3, -0.25) is 4.79 Å². The lowest BCUT2D eigenvalue weighted by Gasteiger charge is -2.31. The summed E-state index contributed by atoms with van der Waals surface area (Å²) in [4.78, 5) is 24.0. The largest absolute Gasteiger partial charge is 0.547 e. The fraction of sp³-hybridized carbons (Fsp3) is 0.619. The van der Waals surface area contributed by atoms with Crippen LogP contribution in [0.15, 0.2) is 18.2 Å². The quantitative estimate of drug-likeness (QED) is 0.298. The summed E-state index contributed by atoms with van der Waals surface area (Å²) >= 11 is 0. The highest BCUT2D eigenvalue weighted by Gasteiger charge is 2.38. The molecule has 1 fully saturated rings. The first-order valence-electron chi connectivity index (χ1n) is 10.8. The molecule has 1 saturated carbocycles. The van der Waals surface area contributed by atoms with Crippen LogP contribution in [-0.2, 0) is 11.2 Å². The first kappa shape index (κ1) is 22.6. The number of benzene rings is 1. The van der Waals surface area contributed by atoms with Crippen LogP contribution < -0.4 is 20.6 Å². The Kier molecular flexibility index (Phi) is 8.12. The summed E-state index contributed by atoms with van der Waals surface area (Å²) < 4.78 is 5.46. The van der Waals surface area contributed by atoms with Crippen LogP contribution in [0.3, 0.4) is 0 Å². The van der Waals surface area contributed by atoms with Crippen LogP contribution in [0.25, 0.3) is 0 Å². The second-order valence-corrected chi connectivity index (χ2v) is 8.40. The molecular formula is C21H32BN3O5. The zero-order valence-electron chi connectivity index (χ0n) is 17.5. The predicted octanol–water partition coefficient (Wildman–Crippen LogP) is 0.830. The standard InChI is InChI=1S/C21H32BN3O5/c1-23-8-9-24-13-15-5-2-4-14(10-15)11-19(26)25-18-12-16-6-3-7-17(21(27)28)20(16)30-22(18)29/h3,6-7,14-15,18,23-24,29H,2,4-5,8-13H2,1H3,(H,25,26)(H,27,28)/t14?,15?,18-/m0/s1.